The lowest BCUT2D eigenvalue weighted by atomic mass is 10.3. The quantitative estimate of drug-likeness (QED) is 0.731. The van der Waals surface area contributed by atoms with E-state index in [0.29, 0.717) is 5.76 Å². The normalized spacial score (nSPS) is 10.1. The molecule has 0 unspecified atom stereocenters. The van der Waals surface area contributed by atoms with Crippen molar-refractivity contribution in [2.75, 3.05) is 7.11 Å². The van der Waals surface area contributed by atoms with Gasteiger partial charge in [0.25, 0.3) is 0 Å². The number of hydrogen-bond acceptors (Lipinski definition) is 4. The average Bonchev–Trinajstić information content (AvgIpc) is 2.86. The monoisotopic (exact) mass is 192 g/mol. The molecule has 0 fully saturated rings. The summed E-state index contributed by atoms with van der Waals surface area (Å²) in [5.74, 6) is 0.246. The van der Waals surface area contributed by atoms with E-state index in [1.54, 1.807) is 18.3 Å². The van der Waals surface area contributed by atoms with E-state index in [1.807, 2.05) is 0 Å². The number of carbonyl (C=O) groups excluding carboxylic acids is 1. The molecule has 0 amide bonds. The Hall–Kier alpha value is -2.04. The number of aromatic amines is 1. The Bertz CT molecular complexity index is 431. The summed E-state index contributed by atoms with van der Waals surface area (Å²) in [4.78, 5) is 17.8. The molecule has 72 valence electrons. The highest BCUT2D eigenvalue weighted by atomic mass is 16.5. The molecule has 5 nitrogen and oxygen atoms in total. The maximum absolute atomic E-state index is 11.1. The van der Waals surface area contributed by atoms with E-state index < -0.39 is 5.97 Å². The fourth-order valence-corrected chi connectivity index (χ4v) is 1.08. The molecule has 0 saturated heterocycles. The predicted octanol–water partition coefficient (Wildman–Crippen LogP) is 1.46. The Kier molecular flexibility index (Phi) is 2.06. The lowest BCUT2D eigenvalue weighted by Crippen LogP contribution is -1.98. The first kappa shape index (κ1) is 8.55. The number of imidazole rings is 1. The zero-order valence-corrected chi connectivity index (χ0v) is 7.48. The Morgan fingerprint density at radius 3 is 3.07 bits per heavy atom. The van der Waals surface area contributed by atoms with Crippen LogP contribution in [0.15, 0.2) is 29.1 Å². The molecule has 0 aliphatic rings. The number of ether oxygens (including phenoxy) is 1. The number of aromatic nitrogens is 2. The van der Waals surface area contributed by atoms with Gasteiger partial charge < -0.3 is 14.1 Å². The van der Waals surface area contributed by atoms with Gasteiger partial charge in [0.05, 0.1) is 19.6 Å². The van der Waals surface area contributed by atoms with Crippen LogP contribution in [0.25, 0.3) is 11.5 Å². The lowest BCUT2D eigenvalue weighted by molar-refractivity contribution is 0.0566. The number of nitrogens with one attached hydrogen (secondary N) is 1. The smallest absolute Gasteiger partial charge is 0.373 e. The molecule has 0 bridgehead atoms. The second-order valence-electron chi connectivity index (χ2n) is 2.62. The maximum atomic E-state index is 11.1. The van der Waals surface area contributed by atoms with Gasteiger partial charge in [-0.1, -0.05) is 0 Å². The molecule has 2 heterocycles. The van der Waals surface area contributed by atoms with Crippen molar-refractivity contribution < 1.29 is 13.9 Å². The van der Waals surface area contributed by atoms with E-state index in [-0.39, 0.29) is 5.76 Å². The molecule has 0 aliphatic heterocycles. The summed E-state index contributed by atoms with van der Waals surface area (Å²) < 4.78 is 9.74. The van der Waals surface area contributed by atoms with Gasteiger partial charge in [0.2, 0.25) is 5.76 Å². The van der Waals surface area contributed by atoms with Crippen molar-refractivity contribution in [2.24, 2.45) is 0 Å². The summed E-state index contributed by atoms with van der Waals surface area (Å²) in [6, 6.07) is 3.24. The lowest BCUT2D eigenvalue weighted by Gasteiger charge is -1.92. The van der Waals surface area contributed by atoms with Gasteiger partial charge in [-0.05, 0) is 12.1 Å². The van der Waals surface area contributed by atoms with Crippen molar-refractivity contribution in [1.29, 1.82) is 0 Å². The van der Waals surface area contributed by atoms with Gasteiger partial charge in [0, 0.05) is 0 Å². The highest BCUT2D eigenvalue weighted by Crippen LogP contribution is 2.19. The molecule has 1 N–H and O–H groups in total. The summed E-state index contributed by atoms with van der Waals surface area (Å²) in [6.45, 7) is 0. The summed E-state index contributed by atoms with van der Waals surface area (Å²) in [6.07, 6.45) is 3.15. The minimum Gasteiger partial charge on any atom is -0.463 e. The van der Waals surface area contributed by atoms with Crippen molar-refractivity contribution in [2.45, 2.75) is 0 Å². The fourth-order valence-electron chi connectivity index (χ4n) is 1.08. The van der Waals surface area contributed by atoms with E-state index in [9.17, 15) is 4.79 Å². The number of methoxy groups -OCH3 is 1. The average molecular weight is 192 g/mol. The number of nitrogens with zero attached hydrogens (tertiary/aromatic N) is 1. The van der Waals surface area contributed by atoms with Crippen LogP contribution >= 0.6 is 0 Å². The molecule has 0 radical (unpaired) electrons. The van der Waals surface area contributed by atoms with Crippen molar-refractivity contribution in [3.8, 4) is 11.5 Å². The van der Waals surface area contributed by atoms with Crippen LogP contribution in [-0.4, -0.2) is 23.0 Å². The topological polar surface area (TPSA) is 68.1 Å². The molecule has 0 aliphatic carbocycles. The first-order valence-corrected chi connectivity index (χ1v) is 3.98. The molecule has 0 aromatic carbocycles. The number of carbonyl (C=O) groups is 1. The van der Waals surface area contributed by atoms with Crippen LogP contribution in [0.2, 0.25) is 0 Å². The van der Waals surface area contributed by atoms with Crippen molar-refractivity contribution >= 4 is 5.97 Å². The van der Waals surface area contributed by atoms with Gasteiger partial charge >= 0.3 is 5.97 Å². The van der Waals surface area contributed by atoms with Crippen LogP contribution in [0, 0.1) is 0 Å². The first-order valence-electron chi connectivity index (χ1n) is 3.98. The Morgan fingerprint density at radius 2 is 2.43 bits per heavy atom. The van der Waals surface area contributed by atoms with Crippen molar-refractivity contribution in [1.82, 2.24) is 9.97 Å². The number of hydrogen-bond donors (Lipinski definition) is 1. The van der Waals surface area contributed by atoms with Crippen LogP contribution < -0.4 is 0 Å². The zero-order valence-electron chi connectivity index (χ0n) is 7.48. The van der Waals surface area contributed by atoms with Gasteiger partial charge in [-0.3, -0.25) is 0 Å². The number of rotatable bonds is 2. The molecule has 0 spiro atoms. The maximum Gasteiger partial charge on any atom is 0.373 e. The minimum atomic E-state index is -0.490. The Balaban J connectivity index is 2.31. The van der Waals surface area contributed by atoms with E-state index in [4.69, 9.17) is 4.42 Å². The van der Waals surface area contributed by atoms with Gasteiger partial charge in [0.1, 0.15) is 5.69 Å². The summed E-state index contributed by atoms with van der Waals surface area (Å²) >= 11 is 0. The molecule has 5 heteroatoms. The highest BCUT2D eigenvalue weighted by molar-refractivity contribution is 5.86. The third-order valence-electron chi connectivity index (χ3n) is 1.76. The van der Waals surface area contributed by atoms with Crippen LogP contribution in [0.4, 0.5) is 0 Å². The number of H-pyrrole nitrogens is 1. The van der Waals surface area contributed by atoms with Gasteiger partial charge in [-0.15, -0.1) is 0 Å². The standard InChI is InChI=1S/C9H8N2O3/c1-13-9(12)8-3-2-7(14-8)6-4-10-5-11-6/h2-5H,1H3,(H,10,11). The van der Waals surface area contributed by atoms with Crippen LogP contribution in [0.3, 0.4) is 0 Å². The summed E-state index contributed by atoms with van der Waals surface area (Å²) in [7, 11) is 1.31. The van der Waals surface area contributed by atoms with Crippen LogP contribution in [0.1, 0.15) is 10.6 Å². The van der Waals surface area contributed by atoms with Gasteiger partial charge in [0.15, 0.2) is 5.76 Å². The van der Waals surface area contributed by atoms with Gasteiger partial charge in [-0.2, -0.15) is 0 Å². The minimum absolute atomic E-state index is 0.178. The molecular weight excluding hydrogens is 184 g/mol. The van der Waals surface area contributed by atoms with E-state index in [0.717, 1.165) is 5.69 Å². The molecule has 0 atom stereocenters. The number of furan rings is 1. The summed E-state index contributed by atoms with van der Waals surface area (Å²) in [5, 5.41) is 0. The van der Waals surface area contributed by atoms with Crippen molar-refractivity contribution in [3.63, 3.8) is 0 Å². The zero-order chi connectivity index (χ0) is 9.97. The molecule has 0 saturated carbocycles. The third kappa shape index (κ3) is 1.39. The fraction of sp³-hybridized carbons (Fsp3) is 0.111. The molecule has 14 heavy (non-hydrogen) atoms. The van der Waals surface area contributed by atoms with E-state index in [1.165, 1.54) is 13.4 Å². The highest BCUT2D eigenvalue weighted by Gasteiger charge is 2.12. The largest absolute Gasteiger partial charge is 0.463 e. The van der Waals surface area contributed by atoms with Crippen molar-refractivity contribution in [3.05, 3.63) is 30.4 Å². The molecule has 2 aromatic rings. The predicted molar refractivity (Wildman–Crippen MR) is 47.6 cm³/mol. The number of esters is 1. The summed E-state index contributed by atoms with van der Waals surface area (Å²) in [5.41, 5.74) is 0.722. The Labute approximate surface area is 79.7 Å². The SMILES string of the molecule is COC(=O)c1ccc(-c2cnc[nH]2)o1. The van der Waals surface area contributed by atoms with Crippen LogP contribution in [0.5, 0.6) is 0 Å². The first-order chi connectivity index (χ1) is 6.81. The van der Waals surface area contributed by atoms with Gasteiger partial charge in [-0.25, -0.2) is 9.78 Å². The van der Waals surface area contributed by atoms with E-state index in [2.05, 4.69) is 14.7 Å². The third-order valence-corrected chi connectivity index (χ3v) is 1.76. The molecule has 2 aromatic heterocycles. The molecule has 2 rings (SSSR count). The van der Waals surface area contributed by atoms with Crippen LogP contribution in [-0.2, 0) is 4.74 Å². The van der Waals surface area contributed by atoms with E-state index >= 15 is 0 Å². The second-order valence-corrected chi connectivity index (χ2v) is 2.62. The second kappa shape index (κ2) is 3.37. The Morgan fingerprint density at radius 1 is 1.57 bits per heavy atom. The molecular formula is C9H8N2O3.